The van der Waals surface area contributed by atoms with E-state index >= 15 is 0 Å². The molecule has 0 aliphatic carbocycles. The highest BCUT2D eigenvalue weighted by atomic mass is 16.7. The van der Waals surface area contributed by atoms with E-state index in [1.807, 2.05) is 82.2 Å². The molecule has 19 nitrogen and oxygen atoms in total. The maximum absolute atomic E-state index is 14.5. The van der Waals surface area contributed by atoms with Gasteiger partial charge in [-0.2, -0.15) is 0 Å². The van der Waals surface area contributed by atoms with Gasteiger partial charge in [-0.25, -0.2) is 9.79 Å². The standard InChI is InChI=1S/C52H84N8O11/c1-15-35(4)48(58(12)51(68)47(34(2)3)53-52(54(6)7)55(8)9)41(69-13)33-45(65)59-28-20-23-39(59)49(70-14)36(5)40(61)32-38(31-37-21-17-16-18-22-37)50(67)57(11)30-29-56(10)42(62)24-19-25-46(66)71-60-43(63)26-27-44(60)64/h16-18,21-22,34-36,38-39,41,47-49H,15,19-20,23-33H2,1-14H3/t35-,36-,38+,39-,41+,47-,48-,49+/m0/s1. The number of carbonyl (C=O) groups is 8. The molecule has 71 heavy (non-hydrogen) atoms. The van der Waals surface area contributed by atoms with E-state index in [0.29, 0.717) is 36.8 Å². The summed E-state index contributed by atoms with van der Waals surface area (Å²) in [5.74, 6) is -3.82. The maximum atomic E-state index is 14.5. The van der Waals surface area contributed by atoms with Crippen LogP contribution in [-0.2, 0) is 59.1 Å². The summed E-state index contributed by atoms with van der Waals surface area (Å²) in [4.78, 5) is 126. The van der Waals surface area contributed by atoms with Crippen LogP contribution in [0.2, 0.25) is 0 Å². The van der Waals surface area contributed by atoms with E-state index in [-0.39, 0.29) is 99.3 Å². The predicted octanol–water partition coefficient (Wildman–Crippen LogP) is 3.92. The third-order valence-corrected chi connectivity index (χ3v) is 14.0. The quantitative estimate of drug-likeness (QED) is 0.0699. The Morgan fingerprint density at radius 1 is 0.789 bits per heavy atom. The molecule has 2 saturated heterocycles. The molecule has 0 bridgehead atoms. The summed E-state index contributed by atoms with van der Waals surface area (Å²) < 4.78 is 12.2. The van der Waals surface area contributed by atoms with Gasteiger partial charge in [0.1, 0.15) is 11.8 Å². The van der Waals surface area contributed by atoms with Crippen LogP contribution >= 0.6 is 0 Å². The molecule has 2 aliphatic heterocycles. The van der Waals surface area contributed by atoms with Gasteiger partial charge in [0, 0.05) is 127 Å². The van der Waals surface area contributed by atoms with Crippen molar-refractivity contribution in [3.8, 4) is 0 Å². The van der Waals surface area contributed by atoms with Crippen LogP contribution in [0.5, 0.6) is 0 Å². The van der Waals surface area contributed by atoms with Crippen molar-refractivity contribution in [2.45, 2.75) is 136 Å². The summed E-state index contributed by atoms with van der Waals surface area (Å²) in [7, 11) is 15.7. The Morgan fingerprint density at radius 2 is 1.39 bits per heavy atom. The summed E-state index contributed by atoms with van der Waals surface area (Å²) in [5.41, 5.74) is 0.884. The molecule has 1 aromatic rings. The molecule has 8 atom stereocenters. The number of guanidine groups is 1. The Morgan fingerprint density at radius 3 is 1.94 bits per heavy atom. The number of hydrogen-bond donors (Lipinski definition) is 0. The summed E-state index contributed by atoms with van der Waals surface area (Å²) >= 11 is 0. The molecular formula is C52H84N8O11. The van der Waals surface area contributed by atoms with Crippen LogP contribution in [0.4, 0.5) is 0 Å². The van der Waals surface area contributed by atoms with Crippen LogP contribution in [0.15, 0.2) is 35.3 Å². The number of likely N-dealkylation sites (tertiary alicyclic amines) is 1. The van der Waals surface area contributed by atoms with Crippen molar-refractivity contribution in [2.24, 2.45) is 28.7 Å². The summed E-state index contributed by atoms with van der Waals surface area (Å²) in [6, 6.07) is 7.93. The van der Waals surface area contributed by atoms with E-state index in [9.17, 15) is 38.4 Å². The Labute approximate surface area is 422 Å². The lowest BCUT2D eigenvalue weighted by atomic mass is 9.85. The topological polar surface area (TPSA) is 199 Å². The summed E-state index contributed by atoms with van der Waals surface area (Å²) in [5, 5.41) is 0.479. The van der Waals surface area contributed by atoms with Gasteiger partial charge in [-0.15, -0.1) is 5.06 Å². The number of aliphatic imine (C=N–C) groups is 1. The summed E-state index contributed by atoms with van der Waals surface area (Å²) in [6.07, 6.45) is 0.964. The van der Waals surface area contributed by atoms with Crippen LogP contribution in [0, 0.1) is 23.7 Å². The zero-order valence-electron chi connectivity index (χ0n) is 45.1. The monoisotopic (exact) mass is 997 g/mol. The van der Waals surface area contributed by atoms with E-state index in [0.717, 1.165) is 12.0 Å². The normalized spacial score (nSPS) is 17.7. The lowest BCUT2D eigenvalue weighted by Gasteiger charge is -2.40. The van der Waals surface area contributed by atoms with Gasteiger partial charge in [-0.3, -0.25) is 33.6 Å². The minimum Gasteiger partial charge on any atom is -0.379 e. The highest BCUT2D eigenvalue weighted by Gasteiger charge is 2.43. The number of hydroxylamine groups is 2. The van der Waals surface area contributed by atoms with E-state index in [2.05, 4.69) is 13.8 Å². The highest BCUT2D eigenvalue weighted by molar-refractivity contribution is 6.01. The first-order valence-electron chi connectivity index (χ1n) is 25.1. The zero-order valence-corrected chi connectivity index (χ0v) is 45.1. The minimum atomic E-state index is -0.782. The van der Waals surface area contributed by atoms with E-state index in [1.165, 1.54) is 9.80 Å². The van der Waals surface area contributed by atoms with Gasteiger partial charge in [0.05, 0.1) is 30.7 Å². The molecule has 0 aromatic heterocycles. The Bertz CT molecular complexity index is 1970. The van der Waals surface area contributed by atoms with Crippen molar-refractivity contribution >= 4 is 53.2 Å². The molecule has 0 N–H and O–H groups in total. The molecular weight excluding hydrogens is 913 g/mol. The van der Waals surface area contributed by atoms with Crippen LogP contribution in [0.1, 0.15) is 104 Å². The highest BCUT2D eigenvalue weighted by Crippen LogP contribution is 2.31. The fraction of sp³-hybridized carbons (Fsp3) is 0.712. The lowest BCUT2D eigenvalue weighted by molar-refractivity contribution is -0.197. The number of methoxy groups -OCH3 is 2. The lowest BCUT2D eigenvalue weighted by Crippen LogP contribution is -2.55. The van der Waals surface area contributed by atoms with Gasteiger partial charge in [0.2, 0.25) is 23.6 Å². The molecule has 0 saturated carbocycles. The van der Waals surface area contributed by atoms with E-state index < -0.39 is 60.0 Å². The fourth-order valence-corrected chi connectivity index (χ4v) is 9.59. The average molecular weight is 997 g/mol. The number of ether oxygens (including phenoxy) is 2. The molecule has 2 aliphatic rings. The predicted molar refractivity (Wildman–Crippen MR) is 269 cm³/mol. The number of hydrogen-bond acceptors (Lipinski definition) is 12. The first kappa shape index (κ1) is 59.9. The van der Waals surface area contributed by atoms with E-state index in [4.69, 9.17) is 19.3 Å². The number of ketones is 1. The minimum absolute atomic E-state index is 0.00711. The zero-order chi connectivity index (χ0) is 53.3. The fourth-order valence-electron chi connectivity index (χ4n) is 9.59. The first-order chi connectivity index (χ1) is 33.5. The smallest absolute Gasteiger partial charge is 0.333 e. The number of Topliss-reactive ketones (excluding diaryl/α,β-unsaturated/α-hetero) is 1. The van der Waals surface area contributed by atoms with Crippen molar-refractivity contribution < 1.29 is 52.7 Å². The second-order valence-electron chi connectivity index (χ2n) is 20.0. The third kappa shape index (κ3) is 16.8. The average Bonchev–Trinajstić information content (AvgIpc) is 3.94. The third-order valence-electron chi connectivity index (χ3n) is 14.0. The molecule has 0 radical (unpaired) electrons. The van der Waals surface area contributed by atoms with Crippen molar-refractivity contribution in [1.82, 2.24) is 34.5 Å². The van der Waals surface area contributed by atoms with Crippen molar-refractivity contribution in [3.05, 3.63) is 35.9 Å². The van der Waals surface area contributed by atoms with Crippen molar-refractivity contribution in [3.63, 3.8) is 0 Å². The van der Waals surface area contributed by atoms with Crippen molar-refractivity contribution in [2.75, 3.05) is 83.2 Å². The number of carbonyl (C=O) groups excluding carboxylic acids is 8. The van der Waals surface area contributed by atoms with Gasteiger partial charge < -0.3 is 43.7 Å². The maximum Gasteiger partial charge on any atom is 0.333 e. The Kier molecular flexibility index (Phi) is 24.1. The molecule has 2 fully saturated rings. The van der Waals surface area contributed by atoms with Crippen LogP contribution < -0.4 is 0 Å². The Hall–Kier alpha value is -5.43. The van der Waals surface area contributed by atoms with Gasteiger partial charge in [0.15, 0.2) is 5.96 Å². The molecule has 19 heteroatoms. The SMILES string of the molecule is CC[C@H](C)[C@@H]([C@@H](CC(=O)N1CCC[C@H]1[C@H](OC)[C@@H](C)C(=O)C[C@@H](Cc1ccccc1)C(=O)N(C)CCN(C)C(=O)CCCC(=O)ON1C(=O)CCC1=O)OC)N(C)C(=O)[C@@H](N=C(N(C)C)N(C)C)C(C)C. The van der Waals surface area contributed by atoms with Crippen LogP contribution in [-0.4, -0.2) is 201 Å². The second kappa shape index (κ2) is 28.6. The summed E-state index contributed by atoms with van der Waals surface area (Å²) in [6.45, 7) is 10.7. The number of rotatable bonds is 27. The van der Waals surface area contributed by atoms with E-state index in [1.54, 1.807) is 52.1 Å². The molecule has 0 spiro atoms. The molecule has 0 unspecified atom stereocenters. The largest absolute Gasteiger partial charge is 0.379 e. The number of imide groups is 1. The molecule has 1 aromatic carbocycles. The van der Waals surface area contributed by atoms with Gasteiger partial charge in [0.25, 0.3) is 11.8 Å². The number of likely N-dealkylation sites (N-methyl/N-ethyl adjacent to an activating group) is 3. The molecule has 3 rings (SSSR count). The van der Waals surface area contributed by atoms with Gasteiger partial charge >= 0.3 is 5.97 Å². The molecule has 2 heterocycles. The van der Waals surface area contributed by atoms with Crippen LogP contribution in [0.25, 0.3) is 0 Å². The van der Waals surface area contributed by atoms with Gasteiger partial charge in [-0.1, -0.05) is 71.4 Å². The number of nitrogens with zero attached hydrogens (tertiary/aromatic N) is 8. The molecule has 398 valence electrons. The van der Waals surface area contributed by atoms with Crippen molar-refractivity contribution in [1.29, 1.82) is 0 Å². The van der Waals surface area contributed by atoms with Gasteiger partial charge in [-0.05, 0) is 43.1 Å². The molecule has 6 amide bonds. The number of benzene rings is 1. The Balaban J connectivity index is 1.72. The second-order valence-corrected chi connectivity index (χ2v) is 20.0. The first-order valence-corrected chi connectivity index (χ1v) is 25.1. The number of amides is 6. The van der Waals surface area contributed by atoms with Crippen LogP contribution in [0.3, 0.4) is 0 Å².